The number of hydrogen-bond donors (Lipinski definition) is 2. The molecule has 1 fully saturated rings. The van der Waals surface area contributed by atoms with Crippen molar-refractivity contribution >= 4 is 22.9 Å². The van der Waals surface area contributed by atoms with E-state index < -0.39 is 0 Å². The number of nitrogens with two attached hydrogens (primary N) is 1. The number of thiocarbonyl (C=S) groups is 1. The third kappa shape index (κ3) is 4.16. The normalized spacial score (nSPS) is 17.7. The van der Waals surface area contributed by atoms with Crippen LogP contribution in [0.5, 0.6) is 0 Å². The maximum absolute atomic E-state index is 5.68. The lowest BCUT2D eigenvalue weighted by Crippen LogP contribution is -2.42. The number of nitrogens with zero attached hydrogens (tertiary/aromatic N) is 1. The molecule has 20 heavy (non-hydrogen) atoms. The maximum Gasteiger partial charge on any atom is 0.104 e. The first-order valence-corrected chi connectivity index (χ1v) is 7.44. The molecule has 0 saturated carbocycles. The molecule has 1 saturated heterocycles. The summed E-state index contributed by atoms with van der Waals surface area (Å²) >= 11 is 5.03. The fraction of sp³-hybridized carbons (Fsp3) is 0.533. The Labute approximate surface area is 126 Å². The van der Waals surface area contributed by atoms with Crippen LogP contribution < -0.4 is 11.1 Å². The molecule has 1 heterocycles. The summed E-state index contributed by atoms with van der Waals surface area (Å²) in [5.74, 6) is 0. The standard InChI is InChI=1S/C15H23N3OS/c1-11-9-13(3-4-14(11)15(16)20)17-12(2)10-18-5-7-19-8-6-18/h3-4,9,12,17H,5-8,10H2,1-2H3,(H2,16,20). The first-order valence-electron chi connectivity index (χ1n) is 7.03. The van der Waals surface area contributed by atoms with Gasteiger partial charge in [-0.2, -0.15) is 0 Å². The van der Waals surface area contributed by atoms with Crippen molar-refractivity contribution < 1.29 is 4.74 Å². The summed E-state index contributed by atoms with van der Waals surface area (Å²) in [4.78, 5) is 2.88. The molecule has 110 valence electrons. The summed E-state index contributed by atoms with van der Waals surface area (Å²) in [6, 6.07) is 6.52. The molecule has 0 amide bonds. The van der Waals surface area contributed by atoms with Gasteiger partial charge in [0.25, 0.3) is 0 Å². The van der Waals surface area contributed by atoms with Crippen LogP contribution in [-0.2, 0) is 4.74 Å². The maximum atomic E-state index is 5.68. The van der Waals surface area contributed by atoms with Crippen molar-refractivity contribution in [3.63, 3.8) is 0 Å². The molecular weight excluding hydrogens is 270 g/mol. The lowest BCUT2D eigenvalue weighted by Gasteiger charge is -2.29. The number of ether oxygens (including phenoxy) is 1. The Hall–Kier alpha value is -1.17. The molecule has 0 bridgehead atoms. The molecule has 0 spiro atoms. The Kier molecular flexibility index (Phi) is 5.34. The number of benzene rings is 1. The van der Waals surface area contributed by atoms with Crippen molar-refractivity contribution in [2.45, 2.75) is 19.9 Å². The van der Waals surface area contributed by atoms with Gasteiger partial charge in [-0.3, -0.25) is 4.90 Å². The number of morpholine rings is 1. The number of anilines is 1. The van der Waals surface area contributed by atoms with Gasteiger partial charge in [0.05, 0.1) is 13.2 Å². The van der Waals surface area contributed by atoms with Crippen LogP contribution in [-0.4, -0.2) is 48.8 Å². The van der Waals surface area contributed by atoms with E-state index >= 15 is 0 Å². The molecule has 1 aliphatic heterocycles. The first-order chi connectivity index (χ1) is 9.56. The predicted molar refractivity (Wildman–Crippen MR) is 87.4 cm³/mol. The van der Waals surface area contributed by atoms with Crippen molar-refractivity contribution in [3.8, 4) is 0 Å². The quantitative estimate of drug-likeness (QED) is 0.810. The van der Waals surface area contributed by atoms with Crippen LogP contribution in [0.4, 0.5) is 5.69 Å². The van der Waals surface area contributed by atoms with E-state index in [0.717, 1.165) is 49.7 Å². The van der Waals surface area contributed by atoms with E-state index in [1.165, 1.54) is 0 Å². The van der Waals surface area contributed by atoms with E-state index in [0.29, 0.717) is 11.0 Å². The van der Waals surface area contributed by atoms with Gasteiger partial charge in [-0.15, -0.1) is 0 Å². The van der Waals surface area contributed by atoms with Gasteiger partial charge in [0.15, 0.2) is 0 Å². The lowest BCUT2D eigenvalue weighted by atomic mass is 10.1. The van der Waals surface area contributed by atoms with Gasteiger partial charge in [0.1, 0.15) is 4.99 Å². The highest BCUT2D eigenvalue weighted by atomic mass is 32.1. The van der Waals surface area contributed by atoms with E-state index in [2.05, 4.69) is 23.2 Å². The topological polar surface area (TPSA) is 50.5 Å². The summed E-state index contributed by atoms with van der Waals surface area (Å²) in [5, 5.41) is 3.53. The van der Waals surface area contributed by atoms with Gasteiger partial charge in [-0.1, -0.05) is 12.2 Å². The van der Waals surface area contributed by atoms with E-state index in [1.54, 1.807) is 0 Å². The minimum atomic E-state index is 0.392. The second kappa shape index (κ2) is 7.02. The first kappa shape index (κ1) is 15.2. The second-order valence-corrected chi connectivity index (χ2v) is 5.79. The molecular formula is C15H23N3OS. The zero-order valence-corrected chi connectivity index (χ0v) is 13.0. The zero-order valence-electron chi connectivity index (χ0n) is 12.2. The molecule has 4 nitrogen and oxygen atoms in total. The lowest BCUT2D eigenvalue weighted by molar-refractivity contribution is 0.0368. The molecule has 0 aromatic heterocycles. The Morgan fingerprint density at radius 1 is 1.45 bits per heavy atom. The molecule has 2 rings (SSSR count). The molecule has 1 unspecified atom stereocenters. The zero-order chi connectivity index (χ0) is 14.5. The summed E-state index contributed by atoms with van der Waals surface area (Å²) < 4.78 is 5.36. The van der Waals surface area contributed by atoms with Crippen LogP contribution in [0.2, 0.25) is 0 Å². The highest BCUT2D eigenvalue weighted by Crippen LogP contribution is 2.16. The Balaban J connectivity index is 1.92. The fourth-order valence-electron chi connectivity index (χ4n) is 2.53. The molecule has 1 aromatic carbocycles. The molecule has 1 aromatic rings. The van der Waals surface area contributed by atoms with Crippen LogP contribution in [0.3, 0.4) is 0 Å². The monoisotopic (exact) mass is 293 g/mol. The van der Waals surface area contributed by atoms with E-state index in [-0.39, 0.29) is 0 Å². The van der Waals surface area contributed by atoms with E-state index in [4.69, 9.17) is 22.7 Å². The summed E-state index contributed by atoms with van der Waals surface area (Å²) in [6.07, 6.45) is 0. The van der Waals surface area contributed by atoms with Crippen LogP contribution in [0.15, 0.2) is 18.2 Å². The minimum absolute atomic E-state index is 0.392. The highest BCUT2D eigenvalue weighted by Gasteiger charge is 2.13. The SMILES string of the molecule is Cc1cc(NC(C)CN2CCOCC2)ccc1C(N)=S. The molecule has 3 N–H and O–H groups in total. The molecule has 0 radical (unpaired) electrons. The van der Waals surface area contributed by atoms with Crippen LogP contribution in [0.1, 0.15) is 18.1 Å². The van der Waals surface area contributed by atoms with Crippen LogP contribution >= 0.6 is 12.2 Å². The summed E-state index contributed by atoms with van der Waals surface area (Å²) in [7, 11) is 0. The van der Waals surface area contributed by atoms with Gasteiger partial charge >= 0.3 is 0 Å². The van der Waals surface area contributed by atoms with Crippen molar-refractivity contribution in [2.75, 3.05) is 38.2 Å². The molecule has 1 aliphatic rings. The number of nitrogens with one attached hydrogen (secondary N) is 1. The highest BCUT2D eigenvalue weighted by molar-refractivity contribution is 7.80. The summed E-state index contributed by atoms with van der Waals surface area (Å²) in [6.45, 7) is 8.98. The third-order valence-corrected chi connectivity index (χ3v) is 3.76. The van der Waals surface area contributed by atoms with Crippen molar-refractivity contribution in [3.05, 3.63) is 29.3 Å². The van der Waals surface area contributed by atoms with Gasteiger partial charge in [0.2, 0.25) is 0 Å². The van der Waals surface area contributed by atoms with E-state index in [1.807, 2.05) is 19.1 Å². The Bertz CT molecular complexity index is 472. The van der Waals surface area contributed by atoms with Gasteiger partial charge in [-0.05, 0) is 37.6 Å². The molecule has 5 heteroatoms. The van der Waals surface area contributed by atoms with E-state index in [9.17, 15) is 0 Å². The third-order valence-electron chi connectivity index (χ3n) is 3.54. The second-order valence-electron chi connectivity index (χ2n) is 5.35. The minimum Gasteiger partial charge on any atom is -0.389 e. The van der Waals surface area contributed by atoms with Gasteiger partial charge in [-0.25, -0.2) is 0 Å². The predicted octanol–water partition coefficient (Wildman–Crippen LogP) is 1.76. The summed E-state index contributed by atoms with van der Waals surface area (Å²) in [5.41, 5.74) is 8.86. The number of aryl methyl sites for hydroxylation is 1. The van der Waals surface area contributed by atoms with Crippen molar-refractivity contribution in [1.82, 2.24) is 4.90 Å². The Morgan fingerprint density at radius 3 is 2.75 bits per heavy atom. The number of rotatable bonds is 5. The van der Waals surface area contributed by atoms with Crippen molar-refractivity contribution in [2.24, 2.45) is 5.73 Å². The van der Waals surface area contributed by atoms with Gasteiger partial charge in [0, 0.05) is 36.9 Å². The van der Waals surface area contributed by atoms with Crippen molar-refractivity contribution in [1.29, 1.82) is 0 Å². The van der Waals surface area contributed by atoms with Gasteiger partial charge < -0.3 is 15.8 Å². The molecule has 1 atom stereocenters. The smallest absolute Gasteiger partial charge is 0.104 e. The van der Waals surface area contributed by atoms with Crippen LogP contribution in [0.25, 0.3) is 0 Å². The average molecular weight is 293 g/mol. The number of hydrogen-bond acceptors (Lipinski definition) is 4. The average Bonchev–Trinajstić information content (AvgIpc) is 2.39. The van der Waals surface area contributed by atoms with Crippen LogP contribution in [0, 0.1) is 6.92 Å². The Morgan fingerprint density at radius 2 is 2.15 bits per heavy atom. The fourth-order valence-corrected chi connectivity index (χ4v) is 2.76. The molecule has 0 aliphatic carbocycles. The largest absolute Gasteiger partial charge is 0.389 e.